The van der Waals surface area contributed by atoms with Crippen molar-refractivity contribution < 1.29 is 19.5 Å². The molecule has 3 heterocycles. The first kappa shape index (κ1) is 19.0. The lowest BCUT2D eigenvalue weighted by atomic mass is 10.1. The molecule has 0 saturated carbocycles. The van der Waals surface area contributed by atoms with E-state index in [2.05, 4.69) is 15.3 Å². The lowest BCUT2D eigenvalue weighted by Crippen LogP contribution is -2.34. The zero-order chi connectivity index (χ0) is 19.4. The number of thiazole rings is 1. The van der Waals surface area contributed by atoms with Crippen molar-refractivity contribution in [1.82, 2.24) is 20.2 Å². The molecule has 27 heavy (non-hydrogen) atoms. The largest absolute Gasteiger partial charge is 0.477 e. The fraction of sp³-hybridized carbons (Fsp3) is 0.389. The summed E-state index contributed by atoms with van der Waals surface area (Å²) >= 11 is 1.12. The summed E-state index contributed by atoms with van der Waals surface area (Å²) in [6.45, 7) is 2.79. The van der Waals surface area contributed by atoms with Crippen LogP contribution in [0.25, 0.3) is 0 Å². The number of pyridine rings is 1. The molecule has 0 aliphatic carbocycles. The fourth-order valence-electron chi connectivity index (χ4n) is 2.98. The molecule has 2 aromatic rings. The summed E-state index contributed by atoms with van der Waals surface area (Å²) in [5, 5.41) is 12.5. The molecule has 1 saturated heterocycles. The molecule has 8 nitrogen and oxygen atoms in total. The Labute approximate surface area is 160 Å². The van der Waals surface area contributed by atoms with E-state index in [-0.39, 0.29) is 29.0 Å². The first-order valence-corrected chi connectivity index (χ1v) is 9.40. The van der Waals surface area contributed by atoms with Gasteiger partial charge >= 0.3 is 5.97 Å². The summed E-state index contributed by atoms with van der Waals surface area (Å²) in [6.07, 6.45) is 2.33. The van der Waals surface area contributed by atoms with Gasteiger partial charge in [-0.05, 0) is 19.1 Å². The molecule has 9 heteroatoms. The average molecular weight is 388 g/mol. The molecule has 2 N–H and O–H groups in total. The van der Waals surface area contributed by atoms with Crippen molar-refractivity contribution in [1.29, 1.82) is 0 Å². The van der Waals surface area contributed by atoms with Crippen molar-refractivity contribution >= 4 is 29.1 Å². The summed E-state index contributed by atoms with van der Waals surface area (Å²) in [7, 11) is 0. The number of likely N-dealkylation sites (tertiary alicyclic amines) is 1. The van der Waals surface area contributed by atoms with Crippen LogP contribution in [0, 0.1) is 12.8 Å². The number of aryl methyl sites for hydroxylation is 1. The van der Waals surface area contributed by atoms with Crippen LogP contribution in [0.4, 0.5) is 0 Å². The number of hydrogen-bond acceptors (Lipinski definition) is 6. The quantitative estimate of drug-likeness (QED) is 0.738. The molecule has 2 aromatic heterocycles. The minimum atomic E-state index is -0.988. The number of carbonyl (C=O) groups is 3. The van der Waals surface area contributed by atoms with E-state index in [1.807, 2.05) is 18.2 Å². The Morgan fingerprint density at radius 1 is 1.41 bits per heavy atom. The molecule has 142 valence electrons. The predicted molar refractivity (Wildman–Crippen MR) is 98.3 cm³/mol. The molecular weight excluding hydrogens is 368 g/mol. The molecule has 1 atom stereocenters. The maximum absolute atomic E-state index is 12.3. The molecule has 1 aliphatic rings. The number of carboxylic acid groups (broad SMARTS) is 1. The first-order chi connectivity index (χ1) is 12.9. The van der Waals surface area contributed by atoms with Crippen molar-refractivity contribution in [3.8, 4) is 0 Å². The summed E-state index contributed by atoms with van der Waals surface area (Å²) in [5.41, 5.74) is 1.28. The Morgan fingerprint density at radius 2 is 2.22 bits per heavy atom. The van der Waals surface area contributed by atoms with Crippen LogP contribution >= 0.6 is 11.3 Å². The second-order valence-electron chi connectivity index (χ2n) is 6.36. The van der Waals surface area contributed by atoms with Crippen LogP contribution < -0.4 is 5.32 Å². The number of nitrogens with zero attached hydrogens (tertiary/aromatic N) is 3. The molecule has 1 fully saturated rings. The summed E-state index contributed by atoms with van der Waals surface area (Å²) in [6, 6.07) is 5.53. The first-order valence-electron chi connectivity index (χ1n) is 8.59. The molecule has 2 amide bonds. The zero-order valence-corrected chi connectivity index (χ0v) is 15.7. The second-order valence-corrected chi connectivity index (χ2v) is 7.45. The second kappa shape index (κ2) is 8.26. The smallest absolute Gasteiger partial charge is 0.347 e. The molecular formula is C18H20N4O4S. The lowest BCUT2D eigenvalue weighted by Gasteiger charge is -2.16. The van der Waals surface area contributed by atoms with Crippen LogP contribution in [0.2, 0.25) is 0 Å². The topological polar surface area (TPSA) is 112 Å². The van der Waals surface area contributed by atoms with Gasteiger partial charge in [0.2, 0.25) is 11.8 Å². The third kappa shape index (κ3) is 4.68. The molecule has 0 radical (unpaired) electrons. The molecule has 1 aliphatic heterocycles. The van der Waals surface area contributed by atoms with Gasteiger partial charge in [0.05, 0.1) is 28.9 Å². The highest BCUT2D eigenvalue weighted by molar-refractivity contribution is 7.13. The number of carbonyl (C=O) groups excluding carboxylic acids is 2. The van der Waals surface area contributed by atoms with E-state index in [1.165, 1.54) is 0 Å². The number of hydrogen-bond donors (Lipinski definition) is 2. The summed E-state index contributed by atoms with van der Waals surface area (Å²) in [5.74, 6) is -1.59. The third-order valence-electron chi connectivity index (χ3n) is 4.34. The minimum Gasteiger partial charge on any atom is -0.477 e. The van der Waals surface area contributed by atoms with Gasteiger partial charge in [0.1, 0.15) is 4.88 Å². The Kier molecular flexibility index (Phi) is 5.80. The third-order valence-corrected chi connectivity index (χ3v) is 5.54. The van der Waals surface area contributed by atoms with E-state index in [0.717, 1.165) is 17.0 Å². The summed E-state index contributed by atoms with van der Waals surface area (Å²) < 4.78 is 0. The maximum Gasteiger partial charge on any atom is 0.347 e. The van der Waals surface area contributed by atoms with Gasteiger partial charge in [-0.25, -0.2) is 9.78 Å². The van der Waals surface area contributed by atoms with Gasteiger partial charge in [0.25, 0.3) is 0 Å². The molecule has 0 spiro atoms. The predicted octanol–water partition coefficient (Wildman–Crippen LogP) is 1.25. The van der Waals surface area contributed by atoms with Crippen molar-refractivity contribution in [3.63, 3.8) is 0 Å². The number of nitrogens with one attached hydrogen (secondary N) is 1. The number of aromatic carboxylic acids is 1. The average Bonchev–Trinajstić information content (AvgIpc) is 3.19. The number of aromatic nitrogens is 2. The van der Waals surface area contributed by atoms with E-state index >= 15 is 0 Å². The fourth-order valence-corrected chi connectivity index (χ4v) is 3.89. The van der Waals surface area contributed by atoms with Gasteiger partial charge in [-0.1, -0.05) is 6.07 Å². The minimum absolute atomic E-state index is 0.0533. The van der Waals surface area contributed by atoms with E-state index < -0.39 is 5.97 Å². The van der Waals surface area contributed by atoms with Crippen molar-refractivity contribution in [2.45, 2.75) is 26.3 Å². The van der Waals surface area contributed by atoms with E-state index in [0.29, 0.717) is 36.8 Å². The highest BCUT2D eigenvalue weighted by Gasteiger charge is 2.34. The monoisotopic (exact) mass is 388 g/mol. The van der Waals surface area contributed by atoms with Gasteiger partial charge in [-0.15, -0.1) is 11.3 Å². The number of amides is 2. The van der Waals surface area contributed by atoms with Gasteiger partial charge in [-0.2, -0.15) is 0 Å². The van der Waals surface area contributed by atoms with E-state index in [4.69, 9.17) is 5.11 Å². The Balaban J connectivity index is 1.48. The highest BCUT2D eigenvalue weighted by atomic mass is 32.1. The van der Waals surface area contributed by atoms with Crippen LogP contribution in [-0.4, -0.2) is 50.8 Å². The molecule has 0 bridgehead atoms. The van der Waals surface area contributed by atoms with Crippen LogP contribution in [-0.2, 0) is 22.6 Å². The SMILES string of the molecule is Cc1nc(CCNC(=O)[C@@H]2CC(=O)N(Cc3ccccn3)C2)sc1C(=O)O. The Hall–Kier alpha value is -2.81. The number of rotatable bonds is 7. The Bertz CT molecular complexity index is 852. The van der Waals surface area contributed by atoms with Gasteiger partial charge < -0.3 is 15.3 Å². The normalized spacial score (nSPS) is 16.6. The standard InChI is InChI=1S/C18H20N4O4S/c1-11-16(18(25)26)27-14(21-11)5-7-20-17(24)12-8-15(23)22(9-12)10-13-4-2-3-6-19-13/h2-4,6,12H,5,7-10H2,1H3,(H,20,24)(H,25,26)/t12-/m1/s1. The highest BCUT2D eigenvalue weighted by Crippen LogP contribution is 2.20. The zero-order valence-electron chi connectivity index (χ0n) is 14.8. The van der Waals surface area contributed by atoms with Crippen molar-refractivity contribution in [2.24, 2.45) is 5.92 Å². The summed E-state index contributed by atoms with van der Waals surface area (Å²) in [4.78, 5) is 45.8. The van der Waals surface area contributed by atoms with Crippen LogP contribution in [0.3, 0.4) is 0 Å². The van der Waals surface area contributed by atoms with Crippen LogP contribution in [0.1, 0.15) is 32.5 Å². The molecule has 0 unspecified atom stereocenters. The Morgan fingerprint density at radius 3 is 2.89 bits per heavy atom. The van der Waals surface area contributed by atoms with Crippen LogP contribution in [0.5, 0.6) is 0 Å². The van der Waals surface area contributed by atoms with Gasteiger partial charge in [0.15, 0.2) is 0 Å². The van der Waals surface area contributed by atoms with E-state index in [9.17, 15) is 14.4 Å². The van der Waals surface area contributed by atoms with Crippen molar-refractivity contribution in [2.75, 3.05) is 13.1 Å². The molecule has 0 aromatic carbocycles. The van der Waals surface area contributed by atoms with Crippen molar-refractivity contribution in [3.05, 3.63) is 45.7 Å². The van der Waals surface area contributed by atoms with E-state index in [1.54, 1.807) is 18.0 Å². The van der Waals surface area contributed by atoms with Gasteiger partial charge in [-0.3, -0.25) is 14.6 Å². The lowest BCUT2D eigenvalue weighted by molar-refractivity contribution is -0.129. The number of carboxylic acids is 1. The van der Waals surface area contributed by atoms with Gasteiger partial charge in [0, 0.05) is 32.1 Å². The maximum atomic E-state index is 12.3. The van der Waals surface area contributed by atoms with Crippen LogP contribution in [0.15, 0.2) is 24.4 Å². The molecule has 3 rings (SSSR count).